The van der Waals surface area contributed by atoms with Crippen molar-refractivity contribution in [2.45, 2.75) is 26.3 Å². The van der Waals surface area contributed by atoms with Crippen molar-refractivity contribution >= 4 is 17.5 Å². The molecule has 0 saturated heterocycles. The SMILES string of the molecule is CC(C)C(N)C(=O)Nc1ccc(OCCC(N)=O)cc1. The number of carbonyl (C=O) groups excluding carboxylic acids is 2. The van der Waals surface area contributed by atoms with Crippen molar-refractivity contribution < 1.29 is 14.3 Å². The van der Waals surface area contributed by atoms with Crippen LogP contribution < -0.4 is 21.5 Å². The lowest BCUT2D eigenvalue weighted by atomic mass is 10.1. The highest BCUT2D eigenvalue weighted by atomic mass is 16.5. The predicted octanol–water partition coefficient (Wildman–Crippen LogP) is 0.863. The van der Waals surface area contributed by atoms with E-state index in [1.165, 1.54) is 0 Å². The molecule has 0 fully saturated rings. The Morgan fingerprint density at radius 2 is 1.85 bits per heavy atom. The minimum Gasteiger partial charge on any atom is -0.493 e. The first-order chi connectivity index (χ1) is 9.40. The van der Waals surface area contributed by atoms with E-state index in [-0.39, 0.29) is 24.9 Å². The monoisotopic (exact) mass is 279 g/mol. The van der Waals surface area contributed by atoms with Crippen LogP contribution in [-0.2, 0) is 9.59 Å². The first kappa shape index (κ1) is 16.0. The molecular weight excluding hydrogens is 258 g/mol. The topological polar surface area (TPSA) is 107 Å². The molecule has 110 valence electrons. The molecule has 1 unspecified atom stereocenters. The van der Waals surface area contributed by atoms with Crippen LogP contribution >= 0.6 is 0 Å². The number of primary amides is 1. The zero-order valence-electron chi connectivity index (χ0n) is 11.8. The van der Waals surface area contributed by atoms with Crippen molar-refractivity contribution in [2.75, 3.05) is 11.9 Å². The van der Waals surface area contributed by atoms with E-state index in [0.717, 1.165) is 0 Å². The zero-order valence-corrected chi connectivity index (χ0v) is 11.8. The van der Waals surface area contributed by atoms with Gasteiger partial charge in [0.25, 0.3) is 0 Å². The summed E-state index contributed by atoms with van der Waals surface area (Å²) in [5.41, 5.74) is 11.4. The molecule has 0 aliphatic carbocycles. The van der Waals surface area contributed by atoms with Crippen LogP contribution in [0.4, 0.5) is 5.69 Å². The van der Waals surface area contributed by atoms with Gasteiger partial charge in [-0.25, -0.2) is 0 Å². The summed E-state index contributed by atoms with van der Waals surface area (Å²) in [5, 5.41) is 2.73. The smallest absolute Gasteiger partial charge is 0.241 e. The zero-order chi connectivity index (χ0) is 15.1. The molecule has 2 amide bonds. The van der Waals surface area contributed by atoms with Gasteiger partial charge < -0.3 is 21.5 Å². The second-order valence-corrected chi connectivity index (χ2v) is 4.85. The Bertz CT molecular complexity index is 457. The fraction of sp³-hybridized carbons (Fsp3) is 0.429. The van der Waals surface area contributed by atoms with E-state index in [9.17, 15) is 9.59 Å². The van der Waals surface area contributed by atoms with Gasteiger partial charge in [-0.1, -0.05) is 13.8 Å². The largest absolute Gasteiger partial charge is 0.493 e. The molecule has 1 aromatic carbocycles. The first-order valence-electron chi connectivity index (χ1n) is 6.47. The molecule has 0 bridgehead atoms. The quantitative estimate of drug-likeness (QED) is 0.688. The summed E-state index contributed by atoms with van der Waals surface area (Å²) in [5.74, 6) is 0.0581. The average molecular weight is 279 g/mol. The van der Waals surface area contributed by atoms with Gasteiger partial charge >= 0.3 is 0 Å². The number of nitrogens with two attached hydrogens (primary N) is 2. The standard InChI is InChI=1S/C14H21N3O3/c1-9(2)13(16)14(19)17-10-3-5-11(6-4-10)20-8-7-12(15)18/h3-6,9,13H,7-8,16H2,1-2H3,(H2,15,18)(H,17,19). The molecule has 0 aliphatic heterocycles. The molecule has 6 heteroatoms. The number of amides is 2. The van der Waals surface area contributed by atoms with Crippen LogP contribution in [0, 0.1) is 5.92 Å². The maximum atomic E-state index is 11.8. The molecule has 0 spiro atoms. The summed E-state index contributed by atoms with van der Waals surface area (Å²) in [6.45, 7) is 4.01. The highest BCUT2D eigenvalue weighted by Crippen LogP contribution is 2.16. The second kappa shape index (κ2) is 7.49. The van der Waals surface area contributed by atoms with Gasteiger partial charge in [-0.05, 0) is 30.2 Å². The molecule has 0 aliphatic rings. The highest BCUT2D eigenvalue weighted by molar-refractivity contribution is 5.94. The van der Waals surface area contributed by atoms with Crippen molar-refractivity contribution in [3.8, 4) is 5.75 Å². The number of ether oxygens (including phenoxy) is 1. The Hall–Kier alpha value is -2.08. The lowest BCUT2D eigenvalue weighted by Gasteiger charge is -2.15. The van der Waals surface area contributed by atoms with Gasteiger partial charge in [-0.3, -0.25) is 9.59 Å². The molecule has 0 radical (unpaired) electrons. The Labute approximate surface area is 118 Å². The summed E-state index contributed by atoms with van der Waals surface area (Å²) in [6.07, 6.45) is 0.168. The summed E-state index contributed by atoms with van der Waals surface area (Å²) in [7, 11) is 0. The first-order valence-corrected chi connectivity index (χ1v) is 6.47. The fourth-order valence-corrected chi connectivity index (χ4v) is 1.43. The fourth-order valence-electron chi connectivity index (χ4n) is 1.43. The third-order valence-electron chi connectivity index (χ3n) is 2.76. The van der Waals surface area contributed by atoms with Crippen molar-refractivity contribution in [1.82, 2.24) is 0 Å². The summed E-state index contributed by atoms with van der Waals surface area (Å²) >= 11 is 0. The summed E-state index contributed by atoms with van der Waals surface area (Å²) < 4.78 is 5.32. The van der Waals surface area contributed by atoms with Crippen molar-refractivity contribution in [2.24, 2.45) is 17.4 Å². The molecule has 6 nitrogen and oxygen atoms in total. The van der Waals surface area contributed by atoms with Crippen LogP contribution in [-0.4, -0.2) is 24.5 Å². The normalized spacial score (nSPS) is 12.0. The van der Waals surface area contributed by atoms with E-state index in [2.05, 4.69) is 5.32 Å². The van der Waals surface area contributed by atoms with Gasteiger partial charge in [-0.15, -0.1) is 0 Å². The summed E-state index contributed by atoms with van der Waals surface area (Å²) in [6, 6.07) is 6.30. The molecular formula is C14H21N3O3. The predicted molar refractivity (Wildman–Crippen MR) is 77.2 cm³/mol. The maximum Gasteiger partial charge on any atom is 0.241 e. The third kappa shape index (κ3) is 5.27. The lowest BCUT2D eigenvalue weighted by Crippen LogP contribution is -2.39. The van der Waals surface area contributed by atoms with Crippen LogP contribution in [0.1, 0.15) is 20.3 Å². The van der Waals surface area contributed by atoms with E-state index >= 15 is 0 Å². The van der Waals surface area contributed by atoms with Crippen LogP contribution in [0.2, 0.25) is 0 Å². The second-order valence-electron chi connectivity index (χ2n) is 4.85. The lowest BCUT2D eigenvalue weighted by molar-refractivity contribution is -0.119. The van der Waals surface area contributed by atoms with Crippen LogP contribution in [0.3, 0.4) is 0 Å². The van der Waals surface area contributed by atoms with Gasteiger partial charge in [0.15, 0.2) is 0 Å². The Morgan fingerprint density at radius 1 is 1.25 bits per heavy atom. The number of hydrogen-bond donors (Lipinski definition) is 3. The van der Waals surface area contributed by atoms with Gasteiger partial charge in [0, 0.05) is 5.69 Å². The molecule has 1 atom stereocenters. The number of anilines is 1. The minimum atomic E-state index is -0.540. The summed E-state index contributed by atoms with van der Waals surface area (Å²) in [4.78, 5) is 22.3. The minimum absolute atomic E-state index is 0.0754. The van der Waals surface area contributed by atoms with Gasteiger partial charge in [-0.2, -0.15) is 0 Å². The molecule has 5 N–H and O–H groups in total. The van der Waals surface area contributed by atoms with Gasteiger partial charge in [0.1, 0.15) is 5.75 Å². The van der Waals surface area contributed by atoms with Gasteiger partial charge in [0.2, 0.25) is 11.8 Å². The number of carbonyl (C=O) groups is 2. The van der Waals surface area contributed by atoms with Gasteiger partial charge in [0.05, 0.1) is 19.1 Å². The molecule has 0 aromatic heterocycles. The van der Waals surface area contributed by atoms with E-state index < -0.39 is 11.9 Å². The third-order valence-corrected chi connectivity index (χ3v) is 2.76. The van der Waals surface area contributed by atoms with Crippen molar-refractivity contribution in [3.63, 3.8) is 0 Å². The molecule has 20 heavy (non-hydrogen) atoms. The Morgan fingerprint density at radius 3 is 2.35 bits per heavy atom. The van der Waals surface area contributed by atoms with Crippen LogP contribution in [0.15, 0.2) is 24.3 Å². The molecule has 0 saturated carbocycles. The number of hydrogen-bond acceptors (Lipinski definition) is 4. The van der Waals surface area contributed by atoms with E-state index in [1.54, 1.807) is 24.3 Å². The van der Waals surface area contributed by atoms with Crippen molar-refractivity contribution in [1.29, 1.82) is 0 Å². The highest BCUT2D eigenvalue weighted by Gasteiger charge is 2.16. The Balaban J connectivity index is 2.50. The molecule has 1 aromatic rings. The average Bonchev–Trinajstić information content (AvgIpc) is 2.39. The van der Waals surface area contributed by atoms with Crippen LogP contribution in [0.25, 0.3) is 0 Å². The molecule has 1 rings (SSSR count). The van der Waals surface area contributed by atoms with E-state index in [0.29, 0.717) is 11.4 Å². The van der Waals surface area contributed by atoms with Crippen molar-refractivity contribution in [3.05, 3.63) is 24.3 Å². The number of benzene rings is 1. The number of rotatable bonds is 7. The Kier molecular flexibility index (Phi) is 5.99. The molecule has 0 heterocycles. The van der Waals surface area contributed by atoms with Crippen LogP contribution in [0.5, 0.6) is 5.75 Å². The number of nitrogens with one attached hydrogen (secondary N) is 1. The maximum absolute atomic E-state index is 11.8. The van der Waals surface area contributed by atoms with E-state index in [1.807, 2.05) is 13.8 Å². The van der Waals surface area contributed by atoms with E-state index in [4.69, 9.17) is 16.2 Å².